The number of nitrogens with zero attached hydrogens (tertiary/aromatic N) is 2. The Balaban J connectivity index is 1.85. The molecule has 9 heteroatoms. The molecule has 3 aromatic rings. The second-order valence-electron chi connectivity index (χ2n) is 7.15. The third-order valence-electron chi connectivity index (χ3n) is 5.29. The van der Waals surface area contributed by atoms with E-state index in [0.29, 0.717) is 71.4 Å². The minimum atomic E-state index is -0.428. The molecule has 2 aromatic carbocycles. The Labute approximate surface area is 184 Å². The van der Waals surface area contributed by atoms with Gasteiger partial charge < -0.3 is 29.2 Å². The van der Waals surface area contributed by atoms with E-state index in [1.54, 1.807) is 23.1 Å². The van der Waals surface area contributed by atoms with E-state index in [4.69, 9.17) is 18.9 Å². The van der Waals surface area contributed by atoms with Gasteiger partial charge in [0.25, 0.3) is 5.91 Å². The number of pyridine rings is 1. The first-order valence-electron chi connectivity index (χ1n) is 10.1. The quantitative estimate of drug-likeness (QED) is 0.626. The lowest BCUT2D eigenvalue weighted by Gasteiger charge is -2.28. The van der Waals surface area contributed by atoms with Crippen LogP contribution in [0, 0.1) is 5.82 Å². The van der Waals surface area contributed by atoms with E-state index in [1.165, 1.54) is 39.7 Å². The van der Waals surface area contributed by atoms with Crippen molar-refractivity contribution >= 4 is 28.2 Å². The Morgan fingerprint density at radius 3 is 2.38 bits per heavy atom. The lowest BCUT2D eigenvalue weighted by atomic mass is 10.1. The Morgan fingerprint density at radius 1 is 1.06 bits per heavy atom. The minimum absolute atomic E-state index is 0.207. The predicted octanol–water partition coefficient (Wildman–Crippen LogP) is 3.62. The van der Waals surface area contributed by atoms with Crippen molar-refractivity contribution in [2.75, 3.05) is 52.9 Å². The molecule has 8 nitrogen and oxygen atoms in total. The summed E-state index contributed by atoms with van der Waals surface area (Å²) >= 11 is 0. The molecule has 0 aliphatic carbocycles. The molecule has 0 radical (unpaired) electrons. The Kier molecular flexibility index (Phi) is 6.27. The van der Waals surface area contributed by atoms with E-state index in [-0.39, 0.29) is 5.91 Å². The second-order valence-corrected chi connectivity index (χ2v) is 7.15. The number of nitrogens with one attached hydrogen (secondary N) is 1. The summed E-state index contributed by atoms with van der Waals surface area (Å²) in [4.78, 5) is 19.4. The number of rotatable bonds is 6. The highest BCUT2D eigenvalue weighted by Crippen LogP contribution is 2.41. The summed E-state index contributed by atoms with van der Waals surface area (Å²) in [6.07, 6.45) is 1.51. The van der Waals surface area contributed by atoms with Crippen LogP contribution in [0.1, 0.15) is 10.4 Å². The van der Waals surface area contributed by atoms with Gasteiger partial charge in [0.1, 0.15) is 5.82 Å². The van der Waals surface area contributed by atoms with E-state index in [1.807, 2.05) is 0 Å². The molecule has 168 valence electrons. The van der Waals surface area contributed by atoms with E-state index in [2.05, 4.69) is 10.3 Å². The van der Waals surface area contributed by atoms with Gasteiger partial charge in [-0.25, -0.2) is 4.39 Å². The van der Waals surface area contributed by atoms with Crippen molar-refractivity contribution in [2.24, 2.45) is 0 Å². The molecule has 1 amide bonds. The summed E-state index contributed by atoms with van der Waals surface area (Å²) in [5.41, 5.74) is 1.91. The highest BCUT2D eigenvalue weighted by atomic mass is 19.1. The van der Waals surface area contributed by atoms with Crippen molar-refractivity contribution < 1.29 is 28.1 Å². The number of benzene rings is 2. The fraction of sp³-hybridized carbons (Fsp3) is 0.304. The molecule has 1 aliphatic rings. The van der Waals surface area contributed by atoms with Crippen LogP contribution >= 0.6 is 0 Å². The van der Waals surface area contributed by atoms with E-state index in [0.717, 1.165) is 0 Å². The van der Waals surface area contributed by atoms with Gasteiger partial charge in [-0.15, -0.1) is 0 Å². The van der Waals surface area contributed by atoms with Crippen molar-refractivity contribution in [3.63, 3.8) is 0 Å². The van der Waals surface area contributed by atoms with E-state index >= 15 is 0 Å². The molecule has 0 atom stereocenters. The van der Waals surface area contributed by atoms with Gasteiger partial charge in [0.2, 0.25) is 5.75 Å². The Hall–Kier alpha value is -3.59. The molecular formula is C23H24FN3O5. The highest BCUT2D eigenvalue weighted by molar-refractivity contribution is 6.08. The number of ether oxygens (including phenoxy) is 4. The third-order valence-corrected chi connectivity index (χ3v) is 5.29. The summed E-state index contributed by atoms with van der Waals surface area (Å²) in [6, 6.07) is 7.71. The van der Waals surface area contributed by atoms with Crippen molar-refractivity contribution in [3.05, 3.63) is 47.9 Å². The predicted molar refractivity (Wildman–Crippen MR) is 118 cm³/mol. The van der Waals surface area contributed by atoms with Crippen molar-refractivity contribution in [1.29, 1.82) is 0 Å². The monoisotopic (exact) mass is 441 g/mol. The maximum absolute atomic E-state index is 14.2. The van der Waals surface area contributed by atoms with Gasteiger partial charge in [-0.05, 0) is 18.2 Å². The van der Waals surface area contributed by atoms with Crippen LogP contribution in [0.15, 0.2) is 36.5 Å². The average Bonchev–Trinajstić information content (AvgIpc) is 2.83. The number of aromatic nitrogens is 1. The van der Waals surface area contributed by atoms with Gasteiger partial charge in [-0.1, -0.05) is 0 Å². The number of amides is 1. The zero-order chi connectivity index (χ0) is 22.7. The van der Waals surface area contributed by atoms with Crippen molar-refractivity contribution in [1.82, 2.24) is 9.88 Å². The number of anilines is 2. The molecule has 1 aromatic heterocycles. The normalized spacial score (nSPS) is 13.7. The summed E-state index contributed by atoms with van der Waals surface area (Å²) < 4.78 is 35.8. The molecule has 0 saturated carbocycles. The summed E-state index contributed by atoms with van der Waals surface area (Å²) in [6.45, 7) is 1.89. The van der Waals surface area contributed by atoms with Crippen molar-refractivity contribution in [3.8, 4) is 17.2 Å². The summed E-state index contributed by atoms with van der Waals surface area (Å²) in [5.74, 6) is 0.695. The first-order valence-corrected chi connectivity index (χ1v) is 10.1. The summed E-state index contributed by atoms with van der Waals surface area (Å²) in [5, 5.41) is 3.75. The SMILES string of the molecule is COc1cc(Nc2c(C(=O)N3CCOCC3)cnc3ccc(F)cc23)cc(OC)c1OC. The second kappa shape index (κ2) is 9.27. The van der Waals surface area contributed by atoms with Gasteiger partial charge in [-0.2, -0.15) is 0 Å². The van der Waals surface area contributed by atoms with Crippen LogP contribution in [0.2, 0.25) is 0 Å². The standard InChI is InChI=1S/C23H24FN3O5/c1-29-19-11-15(12-20(30-2)22(19)31-3)26-21-16-10-14(24)4-5-18(16)25-13-17(21)23(28)27-6-8-32-9-7-27/h4-5,10-13H,6-9H2,1-3H3,(H,25,26). The van der Waals surface area contributed by atoms with E-state index < -0.39 is 5.82 Å². The molecule has 0 spiro atoms. The van der Waals surface area contributed by atoms with Crippen LogP contribution in [0.5, 0.6) is 17.2 Å². The van der Waals surface area contributed by atoms with Crippen LogP contribution < -0.4 is 19.5 Å². The summed E-state index contributed by atoms with van der Waals surface area (Å²) in [7, 11) is 4.56. The fourth-order valence-corrected chi connectivity index (χ4v) is 3.70. The number of hydrogen-bond donors (Lipinski definition) is 1. The first-order chi connectivity index (χ1) is 15.5. The first kappa shape index (κ1) is 21.6. The maximum Gasteiger partial charge on any atom is 0.257 e. The van der Waals surface area contributed by atoms with Crippen LogP contribution in [-0.2, 0) is 4.74 Å². The molecule has 1 saturated heterocycles. The molecule has 1 N–H and O–H groups in total. The Morgan fingerprint density at radius 2 is 1.75 bits per heavy atom. The topological polar surface area (TPSA) is 82.2 Å². The van der Waals surface area contributed by atoms with E-state index in [9.17, 15) is 9.18 Å². The van der Waals surface area contributed by atoms with Crippen LogP contribution in [0.25, 0.3) is 10.9 Å². The number of morpholine rings is 1. The maximum atomic E-state index is 14.2. The number of hydrogen-bond acceptors (Lipinski definition) is 7. The van der Waals surface area contributed by atoms with Gasteiger partial charge in [0.05, 0.1) is 51.3 Å². The van der Waals surface area contributed by atoms with Gasteiger partial charge in [-0.3, -0.25) is 9.78 Å². The van der Waals surface area contributed by atoms with Gasteiger partial charge in [0, 0.05) is 42.5 Å². The van der Waals surface area contributed by atoms with Crippen LogP contribution in [-0.4, -0.2) is 63.4 Å². The lowest BCUT2D eigenvalue weighted by molar-refractivity contribution is 0.0303. The molecule has 32 heavy (non-hydrogen) atoms. The van der Waals surface area contributed by atoms with Crippen LogP contribution in [0.3, 0.4) is 0 Å². The Bertz CT molecular complexity index is 1120. The lowest BCUT2D eigenvalue weighted by Crippen LogP contribution is -2.41. The zero-order valence-electron chi connectivity index (χ0n) is 18.1. The average molecular weight is 441 g/mol. The smallest absolute Gasteiger partial charge is 0.257 e. The molecule has 2 heterocycles. The van der Waals surface area contributed by atoms with Gasteiger partial charge in [0.15, 0.2) is 11.5 Å². The highest BCUT2D eigenvalue weighted by Gasteiger charge is 2.24. The fourth-order valence-electron chi connectivity index (χ4n) is 3.70. The van der Waals surface area contributed by atoms with Crippen molar-refractivity contribution in [2.45, 2.75) is 0 Å². The number of methoxy groups -OCH3 is 3. The molecule has 1 aliphatic heterocycles. The number of halogens is 1. The van der Waals surface area contributed by atoms with Crippen LogP contribution in [0.4, 0.5) is 15.8 Å². The molecular weight excluding hydrogens is 417 g/mol. The molecule has 0 bridgehead atoms. The minimum Gasteiger partial charge on any atom is -0.493 e. The third kappa shape index (κ3) is 4.11. The largest absolute Gasteiger partial charge is 0.493 e. The molecule has 1 fully saturated rings. The number of carbonyl (C=O) groups is 1. The zero-order valence-corrected chi connectivity index (χ0v) is 18.1. The molecule has 4 rings (SSSR count). The van der Waals surface area contributed by atoms with Gasteiger partial charge >= 0.3 is 0 Å². The number of carbonyl (C=O) groups excluding carboxylic acids is 1. The molecule has 0 unspecified atom stereocenters. The number of fused-ring (bicyclic) bond motifs is 1.